The van der Waals surface area contributed by atoms with E-state index in [1.54, 1.807) is 11.8 Å². The molecule has 6 heteroatoms. The molecule has 0 aromatic heterocycles. The molecule has 1 saturated carbocycles. The summed E-state index contributed by atoms with van der Waals surface area (Å²) < 4.78 is 25.4. The Labute approximate surface area is 96.2 Å². The third-order valence-corrected chi connectivity index (χ3v) is 4.61. The zero-order valence-electron chi connectivity index (χ0n) is 9.48. The number of nitrogens with zero attached hydrogens (tertiary/aromatic N) is 1. The first kappa shape index (κ1) is 11.9. The number of carbonyl (C=O) groups is 1. The summed E-state index contributed by atoms with van der Waals surface area (Å²) in [7, 11) is -3.14. The Morgan fingerprint density at radius 2 is 2.06 bits per heavy atom. The maximum atomic E-state index is 11.7. The van der Waals surface area contributed by atoms with Crippen LogP contribution in [0.1, 0.15) is 26.2 Å². The van der Waals surface area contributed by atoms with Crippen molar-refractivity contribution >= 4 is 15.9 Å². The van der Waals surface area contributed by atoms with Crippen LogP contribution in [0.25, 0.3) is 0 Å². The van der Waals surface area contributed by atoms with Crippen molar-refractivity contribution < 1.29 is 13.2 Å². The highest BCUT2D eigenvalue weighted by Gasteiger charge is 2.37. The molecule has 1 saturated heterocycles. The van der Waals surface area contributed by atoms with E-state index in [1.165, 1.54) is 0 Å². The average Bonchev–Trinajstić information content (AvgIpc) is 2.99. The SMILES string of the molecule is CCS(=O)(=O)NC1CCN(C(=O)C2CC2)C1. The van der Waals surface area contributed by atoms with Crippen LogP contribution < -0.4 is 4.72 Å². The maximum Gasteiger partial charge on any atom is 0.225 e. The van der Waals surface area contributed by atoms with E-state index in [2.05, 4.69) is 4.72 Å². The quantitative estimate of drug-likeness (QED) is 0.755. The highest BCUT2D eigenvalue weighted by molar-refractivity contribution is 7.89. The lowest BCUT2D eigenvalue weighted by molar-refractivity contribution is -0.131. The first-order valence-electron chi connectivity index (χ1n) is 5.80. The molecule has 1 atom stereocenters. The minimum absolute atomic E-state index is 0.0901. The fourth-order valence-electron chi connectivity index (χ4n) is 1.98. The number of hydrogen-bond donors (Lipinski definition) is 1. The van der Waals surface area contributed by atoms with E-state index in [4.69, 9.17) is 0 Å². The Kier molecular flexibility index (Phi) is 3.21. The molecule has 92 valence electrons. The minimum atomic E-state index is -3.14. The summed E-state index contributed by atoms with van der Waals surface area (Å²) >= 11 is 0. The fourth-order valence-corrected chi connectivity index (χ4v) is 2.85. The Morgan fingerprint density at radius 3 is 2.62 bits per heavy atom. The molecule has 2 fully saturated rings. The van der Waals surface area contributed by atoms with E-state index >= 15 is 0 Å². The first-order valence-corrected chi connectivity index (χ1v) is 7.46. The fraction of sp³-hybridized carbons (Fsp3) is 0.900. The summed E-state index contributed by atoms with van der Waals surface area (Å²) in [5.74, 6) is 0.528. The standard InChI is InChI=1S/C10H18N2O3S/c1-2-16(14,15)11-9-5-6-12(7-9)10(13)8-3-4-8/h8-9,11H,2-7H2,1H3. The zero-order valence-corrected chi connectivity index (χ0v) is 10.3. The lowest BCUT2D eigenvalue weighted by Gasteiger charge is -2.16. The Balaban J connectivity index is 1.85. The van der Waals surface area contributed by atoms with Gasteiger partial charge in [0.05, 0.1) is 5.75 Å². The molecule has 0 aromatic rings. The number of rotatable bonds is 4. The summed E-state index contributed by atoms with van der Waals surface area (Å²) in [5.41, 5.74) is 0. The van der Waals surface area contributed by atoms with Crippen LogP contribution in [0.15, 0.2) is 0 Å². The van der Waals surface area contributed by atoms with Gasteiger partial charge in [-0.15, -0.1) is 0 Å². The third kappa shape index (κ3) is 2.74. The summed E-state index contributed by atoms with van der Waals surface area (Å²) in [6.45, 7) is 2.84. The highest BCUT2D eigenvalue weighted by Crippen LogP contribution is 2.32. The zero-order chi connectivity index (χ0) is 11.8. The van der Waals surface area contributed by atoms with E-state index in [9.17, 15) is 13.2 Å². The van der Waals surface area contributed by atoms with Gasteiger partial charge < -0.3 is 4.90 Å². The lowest BCUT2D eigenvalue weighted by Crippen LogP contribution is -2.39. The number of sulfonamides is 1. The van der Waals surface area contributed by atoms with Crippen molar-refractivity contribution in [3.05, 3.63) is 0 Å². The van der Waals surface area contributed by atoms with Crippen LogP contribution in [0, 0.1) is 5.92 Å². The predicted molar refractivity (Wildman–Crippen MR) is 60.3 cm³/mol. The van der Waals surface area contributed by atoms with Gasteiger partial charge in [0.2, 0.25) is 15.9 Å². The van der Waals surface area contributed by atoms with Crippen molar-refractivity contribution in [1.29, 1.82) is 0 Å². The molecule has 1 N–H and O–H groups in total. The van der Waals surface area contributed by atoms with Gasteiger partial charge >= 0.3 is 0 Å². The van der Waals surface area contributed by atoms with Crippen molar-refractivity contribution in [3.8, 4) is 0 Å². The van der Waals surface area contributed by atoms with Gasteiger partial charge in [0.15, 0.2) is 0 Å². The molecule has 1 unspecified atom stereocenters. The topological polar surface area (TPSA) is 66.5 Å². The molecule has 0 bridgehead atoms. The summed E-state index contributed by atoms with van der Waals surface area (Å²) in [5, 5.41) is 0. The van der Waals surface area contributed by atoms with Gasteiger partial charge in [-0.25, -0.2) is 13.1 Å². The molecule has 5 nitrogen and oxygen atoms in total. The second-order valence-corrected chi connectivity index (χ2v) is 6.61. The number of carbonyl (C=O) groups excluding carboxylic acids is 1. The van der Waals surface area contributed by atoms with Gasteiger partial charge in [-0.05, 0) is 26.2 Å². The van der Waals surface area contributed by atoms with Crippen LogP contribution >= 0.6 is 0 Å². The van der Waals surface area contributed by atoms with Gasteiger partial charge in [0, 0.05) is 25.0 Å². The lowest BCUT2D eigenvalue weighted by atomic mass is 10.3. The highest BCUT2D eigenvalue weighted by atomic mass is 32.2. The molecule has 1 aliphatic carbocycles. The third-order valence-electron chi connectivity index (χ3n) is 3.15. The molecule has 0 spiro atoms. The average molecular weight is 246 g/mol. The first-order chi connectivity index (χ1) is 7.52. The number of nitrogens with one attached hydrogen (secondary N) is 1. The summed E-state index contributed by atoms with van der Waals surface area (Å²) in [6.07, 6.45) is 2.74. The van der Waals surface area contributed by atoms with Crippen LogP contribution in [-0.2, 0) is 14.8 Å². The number of likely N-dealkylation sites (tertiary alicyclic amines) is 1. The van der Waals surface area contributed by atoms with Gasteiger partial charge in [-0.1, -0.05) is 0 Å². The van der Waals surface area contributed by atoms with Gasteiger partial charge in [-0.2, -0.15) is 0 Å². The normalized spacial score (nSPS) is 26.1. The van der Waals surface area contributed by atoms with Crippen molar-refractivity contribution in [2.75, 3.05) is 18.8 Å². The molecule has 16 heavy (non-hydrogen) atoms. The second-order valence-electron chi connectivity index (χ2n) is 4.57. The molecule has 1 aliphatic heterocycles. The Bertz CT molecular complexity index is 376. The Morgan fingerprint density at radius 1 is 1.38 bits per heavy atom. The molecule has 1 heterocycles. The molecule has 0 aromatic carbocycles. The van der Waals surface area contributed by atoms with Crippen molar-refractivity contribution in [2.45, 2.75) is 32.2 Å². The minimum Gasteiger partial charge on any atom is -0.341 e. The van der Waals surface area contributed by atoms with Crippen LogP contribution in [0.2, 0.25) is 0 Å². The molecule has 0 radical (unpaired) electrons. The van der Waals surface area contributed by atoms with Crippen molar-refractivity contribution in [3.63, 3.8) is 0 Å². The molecular weight excluding hydrogens is 228 g/mol. The van der Waals surface area contributed by atoms with E-state index in [0.29, 0.717) is 13.1 Å². The van der Waals surface area contributed by atoms with E-state index in [1.807, 2.05) is 0 Å². The Hall–Kier alpha value is -0.620. The van der Waals surface area contributed by atoms with Crippen LogP contribution in [-0.4, -0.2) is 44.1 Å². The van der Waals surface area contributed by atoms with Crippen molar-refractivity contribution in [1.82, 2.24) is 9.62 Å². The van der Waals surface area contributed by atoms with E-state index in [-0.39, 0.29) is 23.6 Å². The molecule has 1 amide bonds. The van der Waals surface area contributed by atoms with E-state index < -0.39 is 10.0 Å². The van der Waals surface area contributed by atoms with Crippen molar-refractivity contribution in [2.24, 2.45) is 5.92 Å². The number of hydrogen-bond acceptors (Lipinski definition) is 3. The van der Waals surface area contributed by atoms with Crippen LogP contribution in [0.4, 0.5) is 0 Å². The smallest absolute Gasteiger partial charge is 0.225 e. The second kappa shape index (κ2) is 4.33. The van der Waals surface area contributed by atoms with Crippen LogP contribution in [0.3, 0.4) is 0 Å². The number of amides is 1. The van der Waals surface area contributed by atoms with Gasteiger partial charge in [-0.3, -0.25) is 4.79 Å². The molecular formula is C10H18N2O3S. The van der Waals surface area contributed by atoms with E-state index in [0.717, 1.165) is 19.3 Å². The van der Waals surface area contributed by atoms with Crippen LogP contribution in [0.5, 0.6) is 0 Å². The largest absolute Gasteiger partial charge is 0.341 e. The summed E-state index contributed by atoms with van der Waals surface area (Å²) in [4.78, 5) is 13.5. The van der Waals surface area contributed by atoms with Gasteiger partial charge in [0.25, 0.3) is 0 Å². The molecule has 2 rings (SSSR count). The monoisotopic (exact) mass is 246 g/mol. The van der Waals surface area contributed by atoms with Gasteiger partial charge in [0.1, 0.15) is 0 Å². The predicted octanol–water partition coefficient (Wildman–Crippen LogP) is -0.0634. The summed E-state index contributed by atoms with van der Waals surface area (Å²) in [6, 6.07) is -0.0901. The molecule has 2 aliphatic rings. The maximum absolute atomic E-state index is 11.7.